The van der Waals surface area contributed by atoms with Gasteiger partial charge in [-0.3, -0.25) is 9.79 Å². The second-order valence-electron chi connectivity index (χ2n) is 8.37. The van der Waals surface area contributed by atoms with E-state index in [0.29, 0.717) is 12.2 Å². The lowest BCUT2D eigenvalue weighted by molar-refractivity contribution is -0.121. The Labute approximate surface area is 160 Å². The van der Waals surface area contributed by atoms with Crippen molar-refractivity contribution in [1.82, 2.24) is 15.3 Å². The lowest BCUT2D eigenvalue weighted by atomic mass is 10.0. The molecule has 1 unspecified atom stereocenters. The predicted octanol–water partition coefficient (Wildman–Crippen LogP) is 1.63. The lowest BCUT2D eigenvalue weighted by Crippen LogP contribution is -2.45. The average Bonchev–Trinajstić information content (AvgIpc) is 3.07. The number of anilines is 1. The number of aromatic nitrogens is 2. The number of hydrogen-bond acceptors (Lipinski definition) is 6. The van der Waals surface area contributed by atoms with E-state index in [1.165, 1.54) is 0 Å². The van der Waals surface area contributed by atoms with Gasteiger partial charge in [-0.2, -0.15) is 0 Å². The summed E-state index contributed by atoms with van der Waals surface area (Å²) in [6.07, 6.45) is 7.15. The fraction of sp³-hybridized carbons (Fsp3) is 0.600. The van der Waals surface area contributed by atoms with E-state index in [4.69, 9.17) is 9.97 Å². The van der Waals surface area contributed by atoms with Crippen molar-refractivity contribution in [3.63, 3.8) is 0 Å². The summed E-state index contributed by atoms with van der Waals surface area (Å²) in [5, 5.41) is 12.4. The van der Waals surface area contributed by atoms with E-state index in [9.17, 15) is 9.90 Å². The first-order valence-corrected chi connectivity index (χ1v) is 9.53. The van der Waals surface area contributed by atoms with E-state index < -0.39 is 0 Å². The Kier molecular flexibility index (Phi) is 5.60. The first kappa shape index (κ1) is 19.5. The standard InChI is InChI=1S/C20H29N5O2/c1-20(2,3)24-17(27)11-25(4)19-14-6-5-7-15(14)22-18(23-19)16-10-13(12-26)8-9-21-16/h8-9,13,26H,5-7,10-12H2,1-4H3,(H,24,27). The number of rotatable bonds is 5. The van der Waals surface area contributed by atoms with Gasteiger partial charge in [0.15, 0.2) is 5.82 Å². The third-order valence-electron chi connectivity index (χ3n) is 4.70. The zero-order valence-corrected chi connectivity index (χ0v) is 16.6. The van der Waals surface area contributed by atoms with Gasteiger partial charge in [0.1, 0.15) is 5.82 Å². The Morgan fingerprint density at radius 1 is 1.33 bits per heavy atom. The Balaban J connectivity index is 1.87. The van der Waals surface area contributed by atoms with Gasteiger partial charge in [-0.25, -0.2) is 9.97 Å². The molecule has 7 heteroatoms. The molecule has 0 fully saturated rings. The van der Waals surface area contributed by atoms with Crippen LogP contribution in [0.1, 0.15) is 50.7 Å². The fourth-order valence-corrected chi connectivity index (χ4v) is 3.50. The normalized spacial score (nSPS) is 18.9. The minimum absolute atomic E-state index is 0.0322. The average molecular weight is 371 g/mol. The van der Waals surface area contributed by atoms with E-state index in [-0.39, 0.29) is 30.5 Å². The maximum Gasteiger partial charge on any atom is 0.239 e. The topological polar surface area (TPSA) is 90.7 Å². The van der Waals surface area contributed by atoms with E-state index in [1.807, 2.05) is 38.8 Å². The highest BCUT2D eigenvalue weighted by molar-refractivity contribution is 5.99. The molecule has 1 aliphatic carbocycles. The Morgan fingerprint density at radius 2 is 2.11 bits per heavy atom. The van der Waals surface area contributed by atoms with E-state index in [2.05, 4.69) is 10.3 Å². The number of fused-ring (bicyclic) bond motifs is 1. The molecule has 0 aromatic carbocycles. The molecule has 1 atom stereocenters. The first-order chi connectivity index (χ1) is 12.8. The van der Waals surface area contributed by atoms with Crippen LogP contribution in [0.5, 0.6) is 0 Å². The maximum absolute atomic E-state index is 12.4. The van der Waals surface area contributed by atoms with Crippen molar-refractivity contribution in [2.75, 3.05) is 25.1 Å². The second kappa shape index (κ2) is 7.76. The molecule has 0 spiro atoms. The summed E-state index contributed by atoms with van der Waals surface area (Å²) in [5.41, 5.74) is 2.71. The van der Waals surface area contributed by atoms with Gasteiger partial charge >= 0.3 is 0 Å². The van der Waals surface area contributed by atoms with Gasteiger partial charge in [0, 0.05) is 49.0 Å². The van der Waals surface area contributed by atoms with E-state index in [0.717, 1.165) is 42.0 Å². The SMILES string of the molecule is CN(CC(=O)NC(C)(C)C)c1nc(C2=NC=CC(CO)C2)nc2c1CCC2. The number of aryl methyl sites for hydroxylation is 1. The van der Waals surface area contributed by atoms with Gasteiger partial charge in [0.05, 0.1) is 12.3 Å². The zero-order chi connectivity index (χ0) is 19.6. The predicted molar refractivity (Wildman–Crippen MR) is 106 cm³/mol. The summed E-state index contributed by atoms with van der Waals surface area (Å²) in [6.45, 7) is 6.24. The number of amides is 1. The molecule has 2 heterocycles. The molecule has 7 nitrogen and oxygen atoms in total. The molecular formula is C20H29N5O2. The van der Waals surface area contributed by atoms with Crippen LogP contribution in [0.2, 0.25) is 0 Å². The van der Waals surface area contributed by atoms with Gasteiger partial charge in [0.25, 0.3) is 0 Å². The molecule has 2 N–H and O–H groups in total. The number of likely N-dealkylation sites (N-methyl/N-ethyl adjacent to an activating group) is 1. The number of aliphatic hydroxyl groups is 1. The van der Waals surface area contributed by atoms with Crippen molar-refractivity contribution < 1.29 is 9.90 Å². The summed E-state index contributed by atoms with van der Waals surface area (Å²) < 4.78 is 0. The largest absolute Gasteiger partial charge is 0.396 e. The number of aliphatic imine (C=N–C) groups is 1. The van der Waals surface area contributed by atoms with Crippen molar-refractivity contribution in [3.8, 4) is 0 Å². The van der Waals surface area contributed by atoms with Crippen molar-refractivity contribution in [2.24, 2.45) is 10.9 Å². The molecule has 1 aliphatic heterocycles. The van der Waals surface area contributed by atoms with Crippen molar-refractivity contribution in [1.29, 1.82) is 0 Å². The summed E-state index contributed by atoms with van der Waals surface area (Å²) in [4.78, 5) is 28.2. The van der Waals surface area contributed by atoms with Crippen LogP contribution in [0.4, 0.5) is 5.82 Å². The minimum Gasteiger partial charge on any atom is -0.396 e. The quantitative estimate of drug-likeness (QED) is 0.821. The van der Waals surface area contributed by atoms with Crippen LogP contribution in [-0.2, 0) is 17.6 Å². The molecule has 0 saturated carbocycles. The van der Waals surface area contributed by atoms with Crippen LogP contribution in [-0.4, -0.2) is 52.4 Å². The minimum atomic E-state index is -0.265. The fourth-order valence-electron chi connectivity index (χ4n) is 3.50. The number of nitrogens with zero attached hydrogens (tertiary/aromatic N) is 4. The third kappa shape index (κ3) is 4.71. The number of nitrogens with one attached hydrogen (secondary N) is 1. The number of aliphatic hydroxyl groups excluding tert-OH is 1. The lowest BCUT2D eigenvalue weighted by Gasteiger charge is -2.25. The van der Waals surface area contributed by atoms with Gasteiger partial charge in [-0.15, -0.1) is 0 Å². The molecule has 27 heavy (non-hydrogen) atoms. The van der Waals surface area contributed by atoms with Crippen molar-refractivity contribution >= 4 is 17.4 Å². The van der Waals surface area contributed by atoms with Gasteiger partial charge in [-0.1, -0.05) is 6.08 Å². The van der Waals surface area contributed by atoms with Gasteiger partial charge in [-0.05, 0) is 40.0 Å². The highest BCUT2D eigenvalue weighted by Crippen LogP contribution is 2.29. The van der Waals surface area contributed by atoms with Gasteiger partial charge < -0.3 is 15.3 Å². The highest BCUT2D eigenvalue weighted by Gasteiger charge is 2.25. The third-order valence-corrected chi connectivity index (χ3v) is 4.70. The summed E-state index contributed by atoms with van der Waals surface area (Å²) in [7, 11) is 1.89. The molecular weight excluding hydrogens is 342 g/mol. The molecule has 3 rings (SSSR count). The van der Waals surface area contributed by atoms with Crippen LogP contribution < -0.4 is 10.2 Å². The molecule has 0 saturated heterocycles. The summed E-state index contributed by atoms with van der Waals surface area (Å²) in [6, 6.07) is 0. The van der Waals surface area contributed by atoms with Crippen molar-refractivity contribution in [3.05, 3.63) is 29.4 Å². The second-order valence-corrected chi connectivity index (χ2v) is 8.37. The van der Waals surface area contributed by atoms with Crippen molar-refractivity contribution in [2.45, 2.75) is 52.0 Å². The molecule has 1 aromatic heterocycles. The molecule has 0 radical (unpaired) electrons. The van der Waals surface area contributed by atoms with Crippen LogP contribution in [0, 0.1) is 5.92 Å². The van der Waals surface area contributed by atoms with Crippen LogP contribution >= 0.6 is 0 Å². The molecule has 1 aromatic rings. The summed E-state index contributed by atoms with van der Waals surface area (Å²) >= 11 is 0. The maximum atomic E-state index is 12.4. The summed E-state index contributed by atoms with van der Waals surface area (Å²) in [5.74, 6) is 1.44. The zero-order valence-electron chi connectivity index (χ0n) is 16.6. The Bertz CT molecular complexity index is 779. The smallest absolute Gasteiger partial charge is 0.239 e. The highest BCUT2D eigenvalue weighted by atomic mass is 16.3. The number of carbonyl (C=O) groups excluding carboxylic acids is 1. The molecule has 1 amide bonds. The molecule has 2 aliphatic rings. The van der Waals surface area contributed by atoms with E-state index >= 15 is 0 Å². The van der Waals surface area contributed by atoms with Gasteiger partial charge in [0.2, 0.25) is 5.91 Å². The Hall–Kier alpha value is -2.28. The Morgan fingerprint density at radius 3 is 2.81 bits per heavy atom. The number of carbonyl (C=O) groups is 1. The monoisotopic (exact) mass is 371 g/mol. The molecule has 146 valence electrons. The first-order valence-electron chi connectivity index (χ1n) is 9.53. The van der Waals surface area contributed by atoms with E-state index in [1.54, 1.807) is 6.20 Å². The van der Waals surface area contributed by atoms with Crippen LogP contribution in [0.15, 0.2) is 17.3 Å². The number of hydrogen-bond donors (Lipinski definition) is 2. The molecule has 0 bridgehead atoms. The van der Waals surface area contributed by atoms with Crippen LogP contribution in [0.25, 0.3) is 0 Å². The van der Waals surface area contributed by atoms with Crippen LogP contribution in [0.3, 0.4) is 0 Å².